The van der Waals surface area contributed by atoms with Gasteiger partial charge in [-0.2, -0.15) is 0 Å². The van der Waals surface area contributed by atoms with E-state index >= 15 is 0 Å². The fraction of sp³-hybridized carbons (Fsp3) is 0.353. The summed E-state index contributed by atoms with van der Waals surface area (Å²) in [6, 6.07) is 9.17. The minimum atomic E-state index is -1.13. The first kappa shape index (κ1) is 15.3. The second-order valence-corrected chi connectivity index (χ2v) is 5.06. The van der Waals surface area contributed by atoms with Crippen molar-refractivity contribution in [1.82, 2.24) is 4.98 Å². The minimum absolute atomic E-state index is 0.635. The number of aliphatic hydroxyl groups is 1. The lowest BCUT2D eigenvalue weighted by Gasteiger charge is -2.24. The Labute approximate surface area is 125 Å². The SMILES string of the molecule is CCCOc1cncc(C(C)(O)c2ccc(OC)cc2)c1. The summed E-state index contributed by atoms with van der Waals surface area (Å²) in [7, 11) is 1.62. The standard InChI is InChI=1S/C17H21NO3/c1-4-9-21-16-10-14(11-18-12-16)17(2,19)13-5-7-15(20-3)8-6-13/h5-8,10-12,19H,4,9H2,1-3H3. The van der Waals surface area contributed by atoms with Gasteiger partial charge in [0.25, 0.3) is 0 Å². The summed E-state index contributed by atoms with van der Waals surface area (Å²) in [5, 5.41) is 10.8. The van der Waals surface area contributed by atoms with Crippen LogP contribution in [-0.2, 0) is 5.60 Å². The first-order valence-corrected chi connectivity index (χ1v) is 7.03. The van der Waals surface area contributed by atoms with E-state index in [2.05, 4.69) is 4.98 Å². The van der Waals surface area contributed by atoms with Gasteiger partial charge in [0.1, 0.15) is 17.1 Å². The maximum atomic E-state index is 10.8. The first-order valence-electron chi connectivity index (χ1n) is 7.03. The molecule has 1 atom stereocenters. The summed E-state index contributed by atoms with van der Waals surface area (Å²) in [6.45, 7) is 4.43. The number of aromatic nitrogens is 1. The first-order chi connectivity index (χ1) is 10.1. The highest BCUT2D eigenvalue weighted by Gasteiger charge is 2.26. The fourth-order valence-electron chi connectivity index (χ4n) is 2.07. The maximum absolute atomic E-state index is 10.8. The molecule has 1 aromatic heterocycles. The van der Waals surface area contributed by atoms with Gasteiger partial charge < -0.3 is 14.6 Å². The van der Waals surface area contributed by atoms with Crippen molar-refractivity contribution >= 4 is 0 Å². The smallest absolute Gasteiger partial charge is 0.137 e. The van der Waals surface area contributed by atoms with E-state index < -0.39 is 5.60 Å². The molecule has 1 unspecified atom stereocenters. The van der Waals surface area contributed by atoms with Gasteiger partial charge >= 0.3 is 0 Å². The molecule has 1 heterocycles. The predicted molar refractivity (Wildman–Crippen MR) is 81.7 cm³/mol. The quantitative estimate of drug-likeness (QED) is 0.887. The summed E-state index contributed by atoms with van der Waals surface area (Å²) in [5.74, 6) is 1.43. The number of hydrogen-bond donors (Lipinski definition) is 1. The van der Waals surface area contributed by atoms with Crippen molar-refractivity contribution in [2.24, 2.45) is 0 Å². The van der Waals surface area contributed by atoms with Crippen molar-refractivity contribution in [1.29, 1.82) is 0 Å². The second kappa shape index (κ2) is 6.59. The fourth-order valence-corrected chi connectivity index (χ4v) is 2.07. The van der Waals surface area contributed by atoms with E-state index in [-0.39, 0.29) is 0 Å². The summed E-state index contributed by atoms with van der Waals surface area (Å²) in [6.07, 6.45) is 4.24. The van der Waals surface area contributed by atoms with Gasteiger partial charge in [0.05, 0.1) is 19.9 Å². The van der Waals surface area contributed by atoms with E-state index in [9.17, 15) is 5.11 Å². The molecular formula is C17H21NO3. The van der Waals surface area contributed by atoms with Gasteiger partial charge in [0, 0.05) is 11.8 Å². The van der Waals surface area contributed by atoms with Gasteiger partial charge in [-0.25, -0.2) is 0 Å². The third-order valence-electron chi connectivity index (χ3n) is 3.40. The molecule has 21 heavy (non-hydrogen) atoms. The third kappa shape index (κ3) is 3.52. The van der Waals surface area contributed by atoms with Gasteiger partial charge in [0.15, 0.2) is 0 Å². The van der Waals surface area contributed by atoms with Gasteiger partial charge in [0.2, 0.25) is 0 Å². The average Bonchev–Trinajstić information content (AvgIpc) is 2.53. The van der Waals surface area contributed by atoms with Crippen LogP contribution in [0.25, 0.3) is 0 Å². The monoisotopic (exact) mass is 287 g/mol. The van der Waals surface area contributed by atoms with Crippen LogP contribution in [0.5, 0.6) is 11.5 Å². The summed E-state index contributed by atoms with van der Waals surface area (Å²) in [4.78, 5) is 4.15. The molecule has 0 aliphatic heterocycles. The number of hydrogen-bond acceptors (Lipinski definition) is 4. The summed E-state index contributed by atoms with van der Waals surface area (Å²) >= 11 is 0. The van der Waals surface area contributed by atoms with E-state index in [4.69, 9.17) is 9.47 Å². The van der Waals surface area contributed by atoms with Crippen molar-refractivity contribution in [3.63, 3.8) is 0 Å². The summed E-state index contributed by atoms with van der Waals surface area (Å²) < 4.78 is 10.7. The van der Waals surface area contributed by atoms with Crippen LogP contribution < -0.4 is 9.47 Å². The molecule has 0 aliphatic rings. The topological polar surface area (TPSA) is 51.6 Å². The third-order valence-corrected chi connectivity index (χ3v) is 3.40. The molecule has 0 fully saturated rings. The largest absolute Gasteiger partial charge is 0.497 e. The Balaban J connectivity index is 2.28. The number of methoxy groups -OCH3 is 1. The van der Waals surface area contributed by atoms with E-state index in [1.165, 1.54) is 0 Å². The molecule has 2 rings (SSSR count). The zero-order valence-corrected chi connectivity index (χ0v) is 12.7. The molecule has 0 bridgehead atoms. The summed E-state index contributed by atoms with van der Waals surface area (Å²) in [5.41, 5.74) is 0.337. The van der Waals surface area contributed by atoms with Crippen LogP contribution in [0, 0.1) is 0 Å². The van der Waals surface area contributed by atoms with Crippen LogP contribution in [0.3, 0.4) is 0 Å². The van der Waals surface area contributed by atoms with Crippen molar-refractivity contribution in [2.45, 2.75) is 25.9 Å². The molecule has 112 valence electrons. The molecule has 0 amide bonds. The lowest BCUT2D eigenvalue weighted by Crippen LogP contribution is -2.23. The molecule has 0 saturated carbocycles. The normalized spacial score (nSPS) is 13.5. The van der Waals surface area contributed by atoms with Crippen LogP contribution in [0.2, 0.25) is 0 Å². The predicted octanol–water partition coefficient (Wildman–Crippen LogP) is 3.13. The van der Waals surface area contributed by atoms with Crippen LogP contribution >= 0.6 is 0 Å². The maximum Gasteiger partial charge on any atom is 0.137 e. The Kier molecular flexibility index (Phi) is 4.81. The Morgan fingerprint density at radius 2 is 1.81 bits per heavy atom. The molecule has 0 aliphatic carbocycles. The Hall–Kier alpha value is -2.07. The number of benzene rings is 1. The van der Waals surface area contributed by atoms with Gasteiger partial charge in [-0.1, -0.05) is 19.1 Å². The molecule has 1 N–H and O–H groups in total. The van der Waals surface area contributed by atoms with E-state index in [0.29, 0.717) is 17.9 Å². The van der Waals surface area contributed by atoms with Crippen molar-refractivity contribution in [2.75, 3.05) is 13.7 Å². The van der Waals surface area contributed by atoms with E-state index in [1.54, 1.807) is 26.4 Å². The Morgan fingerprint density at radius 3 is 2.43 bits per heavy atom. The van der Waals surface area contributed by atoms with Gasteiger partial charge in [-0.15, -0.1) is 0 Å². The van der Waals surface area contributed by atoms with Crippen LogP contribution in [0.4, 0.5) is 0 Å². The zero-order valence-electron chi connectivity index (χ0n) is 12.7. The second-order valence-electron chi connectivity index (χ2n) is 5.06. The van der Waals surface area contributed by atoms with Gasteiger partial charge in [-0.05, 0) is 37.1 Å². The number of ether oxygens (including phenoxy) is 2. The molecule has 1 aromatic carbocycles. The molecule has 0 spiro atoms. The molecular weight excluding hydrogens is 266 g/mol. The highest BCUT2D eigenvalue weighted by Crippen LogP contribution is 2.31. The Morgan fingerprint density at radius 1 is 1.10 bits per heavy atom. The molecule has 4 heteroatoms. The van der Waals surface area contributed by atoms with E-state index in [1.807, 2.05) is 37.3 Å². The lowest BCUT2D eigenvalue weighted by atomic mass is 9.89. The molecule has 4 nitrogen and oxygen atoms in total. The highest BCUT2D eigenvalue weighted by atomic mass is 16.5. The van der Waals surface area contributed by atoms with Crippen LogP contribution in [0.15, 0.2) is 42.7 Å². The van der Waals surface area contributed by atoms with Gasteiger partial charge in [-0.3, -0.25) is 4.98 Å². The van der Waals surface area contributed by atoms with Crippen LogP contribution in [-0.4, -0.2) is 23.8 Å². The molecule has 0 saturated heterocycles. The van der Waals surface area contributed by atoms with Crippen molar-refractivity contribution in [3.8, 4) is 11.5 Å². The lowest BCUT2D eigenvalue weighted by molar-refractivity contribution is 0.101. The number of rotatable bonds is 6. The zero-order chi connectivity index (χ0) is 15.3. The van der Waals surface area contributed by atoms with Crippen LogP contribution in [0.1, 0.15) is 31.4 Å². The van der Waals surface area contributed by atoms with Crippen molar-refractivity contribution < 1.29 is 14.6 Å². The highest BCUT2D eigenvalue weighted by molar-refractivity contribution is 5.39. The minimum Gasteiger partial charge on any atom is -0.497 e. The average molecular weight is 287 g/mol. The van der Waals surface area contributed by atoms with Crippen molar-refractivity contribution in [3.05, 3.63) is 53.9 Å². The Bertz CT molecular complexity index is 579. The van der Waals surface area contributed by atoms with E-state index in [0.717, 1.165) is 17.7 Å². The molecule has 2 aromatic rings. The number of nitrogens with zero attached hydrogens (tertiary/aromatic N) is 1. The number of pyridine rings is 1. The molecule has 0 radical (unpaired) electrons.